The van der Waals surface area contributed by atoms with Crippen LogP contribution >= 0.6 is 35.0 Å². The summed E-state index contributed by atoms with van der Waals surface area (Å²) in [5.41, 5.74) is 1.35. The number of carbonyl (C=O) groups is 1. The predicted molar refractivity (Wildman–Crippen MR) is 91.6 cm³/mol. The van der Waals surface area contributed by atoms with E-state index in [4.69, 9.17) is 27.9 Å². The van der Waals surface area contributed by atoms with Gasteiger partial charge in [0.1, 0.15) is 0 Å². The van der Waals surface area contributed by atoms with Gasteiger partial charge in [-0.25, -0.2) is 0 Å². The molecule has 1 amide bonds. The highest BCUT2D eigenvalue weighted by atomic mass is 35.5. The van der Waals surface area contributed by atoms with Crippen molar-refractivity contribution >= 4 is 46.6 Å². The van der Waals surface area contributed by atoms with Gasteiger partial charge in [-0.1, -0.05) is 47.1 Å². The van der Waals surface area contributed by atoms with E-state index in [1.807, 2.05) is 31.2 Å². The fraction of sp³-hybridized carbons (Fsp3) is 0.188. The van der Waals surface area contributed by atoms with Crippen LogP contribution < -0.4 is 9.64 Å². The Morgan fingerprint density at radius 3 is 2.50 bits per heavy atom. The Balaban J connectivity index is 2.02. The van der Waals surface area contributed by atoms with Crippen LogP contribution in [0.3, 0.4) is 0 Å². The number of thioether (sulfide) groups is 1. The van der Waals surface area contributed by atoms with E-state index in [2.05, 4.69) is 0 Å². The molecule has 0 aromatic heterocycles. The fourth-order valence-electron chi connectivity index (χ4n) is 2.48. The number of benzene rings is 2. The molecule has 3 rings (SSSR count). The number of methoxy groups -OCH3 is 1. The molecule has 0 N–H and O–H groups in total. The number of nitrogens with zero attached hydrogens (tertiary/aromatic N) is 1. The van der Waals surface area contributed by atoms with Crippen LogP contribution in [0.4, 0.5) is 5.69 Å². The van der Waals surface area contributed by atoms with E-state index in [9.17, 15) is 4.79 Å². The highest BCUT2D eigenvalue weighted by Crippen LogP contribution is 2.44. The Morgan fingerprint density at radius 1 is 1.23 bits per heavy atom. The summed E-state index contributed by atoms with van der Waals surface area (Å²) in [6.07, 6.45) is 0. The molecule has 6 heteroatoms. The summed E-state index contributed by atoms with van der Waals surface area (Å²) in [6, 6.07) is 11.0. The minimum Gasteiger partial charge on any atom is -0.494 e. The molecule has 0 spiro atoms. The third-order valence-corrected chi connectivity index (χ3v) is 5.17. The lowest BCUT2D eigenvalue weighted by Crippen LogP contribution is -2.33. The van der Waals surface area contributed by atoms with Gasteiger partial charge in [0.05, 0.1) is 28.2 Å². The van der Waals surface area contributed by atoms with Crippen molar-refractivity contribution in [3.8, 4) is 5.75 Å². The SMILES string of the molecule is COc1c(Cl)cc(C(=O)N2c3ccccc3SC2C)cc1Cl. The predicted octanol–water partition coefficient (Wildman–Crippen LogP) is 5.10. The molecule has 2 aromatic carbocycles. The molecule has 1 unspecified atom stereocenters. The molecular formula is C16H13Cl2NO2S. The summed E-state index contributed by atoms with van der Waals surface area (Å²) in [7, 11) is 1.49. The van der Waals surface area contributed by atoms with Crippen LogP contribution in [0.2, 0.25) is 10.0 Å². The molecule has 3 nitrogen and oxygen atoms in total. The topological polar surface area (TPSA) is 29.5 Å². The van der Waals surface area contributed by atoms with Crippen molar-refractivity contribution in [2.45, 2.75) is 17.2 Å². The first-order valence-electron chi connectivity index (χ1n) is 6.65. The molecule has 0 bridgehead atoms. The summed E-state index contributed by atoms with van der Waals surface area (Å²) < 4.78 is 5.12. The van der Waals surface area contributed by atoms with Crippen molar-refractivity contribution in [1.82, 2.24) is 0 Å². The molecule has 2 aromatic rings. The standard InChI is InChI=1S/C16H13Cl2NO2S/c1-9-19(13-5-3-4-6-14(13)22-9)16(20)10-7-11(17)15(21-2)12(18)8-10/h3-9H,1-2H3. The second kappa shape index (κ2) is 6.03. The zero-order valence-corrected chi connectivity index (χ0v) is 14.3. The molecule has 22 heavy (non-hydrogen) atoms. The average Bonchev–Trinajstić information content (AvgIpc) is 2.82. The number of amides is 1. The van der Waals surface area contributed by atoms with E-state index < -0.39 is 0 Å². The summed E-state index contributed by atoms with van der Waals surface area (Å²) in [4.78, 5) is 15.7. The highest BCUT2D eigenvalue weighted by molar-refractivity contribution is 8.00. The number of fused-ring (bicyclic) bond motifs is 1. The number of para-hydroxylation sites is 1. The molecule has 1 aliphatic rings. The molecule has 0 saturated heterocycles. The Morgan fingerprint density at radius 2 is 1.86 bits per heavy atom. The smallest absolute Gasteiger partial charge is 0.259 e. The van der Waals surface area contributed by atoms with Gasteiger partial charge in [-0.05, 0) is 31.2 Å². The highest BCUT2D eigenvalue weighted by Gasteiger charge is 2.32. The van der Waals surface area contributed by atoms with Gasteiger partial charge in [0.25, 0.3) is 5.91 Å². The largest absolute Gasteiger partial charge is 0.494 e. The van der Waals surface area contributed by atoms with Crippen LogP contribution in [0, 0.1) is 0 Å². The third-order valence-electron chi connectivity index (χ3n) is 3.45. The summed E-state index contributed by atoms with van der Waals surface area (Å²) in [6.45, 7) is 2.00. The zero-order chi connectivity index (χ0) is 15.9. The van der Waals surface area contributed by atoms with Crippen molar-refractivity contribution in [1.29, 1.82) is 0 Å². The first-order chi connectivity index (χ1) is 10.5. The van der Waals surface area contributed by atoms with Crippen LogP contribution in [-0.4, -0.2) is 18.4 Å². The van der Waals surface area contributed by atoms with Crippen molar-refractivity contribution in [3.05, 3.63) is 52.0 Å². The van der Waals surface area contributed by atoms with Gasteiger partial charge >= 0.3 is 0 Å². The van der Waals surface area contributed by atoms with Crippen LogP contribution in [0.5, 0.6) is 5.75 Å². The Bertz CT molecular complexity index is 728. The summed E-state index contributed by atoms with van der Waals surface area (Å²) in [5, 5.41) is 0.668. The van der Waals surface area contributed by atoms with Gasteiger partial charge in [0.15, 0.2) is 5.75 Å². The molecule has 1 atom stereocenters. The first-order valence-corrected chi connectivity index (χ1v) is 8.28. The van der Waals surface area contributed by atoms with E-state index in [0.717, 1.165) is 10.6 Å². The molecule has 114 valence electrons. The lowest BCUT2D eigenvalue weighted by molar-refractivity contribution is 0.0986. The second-order valence-corrected chi connectivity index (χ2v) is 7.01. The zero-order valence-electron chi connectivity index (χ0n) is 12.0. The van der Waals surface area contributed by atoms with Crippen LogP contribution in [0.1, 0.15) is 17.3 Å². The maximum atomic E-state index is 12.9. The summed E-state index contributed by atoms with van der Waals surface area (Å²) in [5.74, 6) is 0.250. The van der Waals surface area contributed by atoms with E-state index in [0.29, 0.717) is 21.4 Å². The van der Waals surface area contributed by atoms with Gasteiger partial charge in [-0.15, -0.1) is 0 Å². The molecule has 1 aliphatic heterocycles. The molecule has 1 heterocycles. The van der Waals surface area contributed by atoms with E-state index in [-0.39, 0.29) is 11.3 Å². The van der Waals surface area contributed by atoms with Crippen LogP contribution in [-0.2, 0) is 0 Å². The Kier molecular flexibility index (Phi) is 4.26. The molecule has 0 radical (unpaired) electrons. The maximum absolute atomic E-state index is 12.9. The number of hydrogen-bond donors (Lipinski definition) is 0. The molecule has 0 aliphatic carbocycles. The monoisotopic (exact) mass is 353 g/mol. The van der Waals surface area contributed by atoms with Crippen molar-refractivity contribution in [2.24, 2.45) is 0 Å². The Labute approximate surface area is 143 Å². The van der Waals surface area contributed by atoms with Gasteiger partial charge in [0.2, 0.25) is 0 Å². The number of halogens is 2. The number of anilines is 1. The van der Waals surface area contributed by atoms with E-state index >= 15 is 0 Å². The van der Waals surface area contributed by atoms with Gasteiger partial charge in [0, 0.05) is 10.5 Å². The third kappa shape index (κ3) is 2.56. The number of ether oxygens (including phenoxy) is 1. The Hall–Kier alpha value is -1.36. The average molecular weight is 354 g/mol. The quantitative estimate of drug-likeness (QED) is 0.751. The molecule has 0 saturated carbocycles. The first kappa shape index (κ1) is 15.5. The van der Waals surface area contributed by atoms with Crippen LogP contribution in [0.25, 0.3) is 0 Å². The number of rotatable bonds is 2. The van der Waals surface area contributed by atoms with Gasteiger partial charge in [-0.3, -0.25) is 9.69 Å². The fourth-order valence-corrected chi connectivity index (χ4v) is 4.25. The van der Waals surface area contributed by atoms with Crippen LogP contribution in [0.15, 0.2) is 41.3 Å². The normalized spacial score (nSPS) is 16.5. The lowest BCUT2D eigenvalue weighted by Gasteiger charge is -2.22. The van der Waals surface area contributed by atoms with Gasteiger partial charge < -0.3 is 4.74 Å². The lowest BCUT2D eigenvalue weighted by atomic mass is 10.1. The minimum absolute atomic E-state index is 0.0181. The van der Waals surface area contributed by atoms with E-state index in [1.165, 1.54) is 7.11 Å². The van der Waals surface area contributed by atoms with Crippen molar-refractivity contribution in [2.75, 3.05) is 12.0 Å². The summed E-state index contributed by atoms with van der Waals surface area (Å²) >= 11 is 13.9. The van der Waals surface area contributed by atoms with E-state index in [1.54, 1.807) is 28.8 Å². The molecule has 0 fully saturated rings. The van der Waals surface area contributed by atoms with Crippen molar-refractivity contribution in [3.63, 3.8) is 0 Å². The number of hydrogen-bond acceptors (Lipinski definition) is 3. The van der Waals surface area contributed by atoms with Crippen molar-refractivity contribution < 1.29 is 9.53 Å². The number of carbonyl (C=O) groups excluding carboxylic acids is 1. The maximum Gasteiger partial charge on any atom is 0.259 e. The minimum atomic E-state index is -0.128. The van der Waals surface area contributed by atoms with Gasteiger partial charge in [-0.2, -0.15) is 0 Å². The second-order valence-electron chi connectivity index (χ2n) is 4.83. The molecular weight excluding hydrogens is 341 g/mol.